The number of hydrogen-bond donors (Lipinski definition) is 1. The zero-order chi connectivity index (χ0) is 61.7. The van der Waals surface area contributed by atoms with Crippen LogP contribution in [0.25, 0.3) is 83.9 Å². The van der Waals surface area contributed by atoms with E-state index in [1.54, 1.807) is 18.3 Å². The Kier molecular flexibility index (Phi) is 9.21. The molecule has 0 aliphatic carbocycles. The van der Waals surface area contributed by atoms with Gasteiger partial charge in [0.25, 0.3) is 0 Å². The number of phenolic OH excluding ortho intramolecular Hbond substituents is 1. The molecule has 0 aliphatic rings. The summed E-state index contributed by atoms with van der Waals surface area (Å²) >= 11 is 0. The van der Waals surface area contributed by atoms with Gasteiger partial charge in [-0.15, -0.1) is 0 Å². The average molecular weight is 947 g/mol. The van der Waals surface area contributed by atoms with Crippen molar-refractivity contribution in [1.29, 1.82) is 0 Å². The number of para-hydroxylation sites is 1. The number of aryl methyl sites for hydroxylation is 1. The number of rotatable bonds is 9. The van der Waals surface area contributed by atoms with Crippen molar-refractivity contribution in [3.63, 3.8) is 0 Å². The lowest BCUT2D eigenvalue weighted by atomic mass is 9.79. The highest BCUT2D eigenvalue weighted by Gasteiger charge is 2.29. The zero-order valence-corrected chi connectivity index (χ0v) is 42.4. The van der Waals surface area contributed by atoms with Gasteiger partial charge in [-0.3, -0.25) is 9.55 Å². The standard InChI is InChI=1S/C67H71N3O/c1-41(2)48-32-49(42(3)4)34-51(33-48)46-25-28-60(43(5)31-46)70-61-22-18-21-56(62(61)69-64(70)57-39-55(66(9,10)11)40-58(63(57)71)67(12,13)14)52-35-50(44-19-16-15-17-20-44)36-53(37-52)59-38-47(29-30-68-59)45-23-26-54(27-24-45)65(6,7)8/h15-42,71H,1-14H3/i5D3,6D3,7D3,8D3,41D. The van der Waals surface area contributed by atoms with Crippen LogP contribution in [0.3, 0.4) is 0 Å². The molecule has 4 heteroatoms. The van der Waals surface area contributed by atoms with Crippen LogP contribution >= 0.6 is 0 Å². The first-order valence-electron chi connectivity index (χ1n) is 30.8. The van der Waals surface area contributed by atoms with Crippen molar-refractivity contribution in [2.45, 2.75) is 125 Å². The Hall–Kier alpha value is -7.04. The number of fused-ring (bicyclic) bond motifs is 1. The molecule has 0 unspecified atom stereocenters. The van der Waals surface area contributed by atoms with Gasteiger partial charge in [0.05, 0.1) is 28.0 Å². The highest BCUT2D eigenvalue weighted by molar-refractivity contribution is 5.98. The molecule has 2 heterocycles. The number of aromatic nitrogens is 3. The Morgan fingerprint density at radius 2 is 1.20 bits per heavy atom. The summed E-state index contributed by atoms with van der Waals surface area (Å²) in [5.74, 6) is -0.419. The van der Waals surface area contributed by atoms with E-state index in [-0.39, 0.29) is 28.2 Å². The first-order chi connectivity index (χ1) is 38.8. The van der Waals surface area contributed by atoms with Crippen LogP contribution in [0.1, 0.15) is 153 Å². The average Bonchev–Trinajstić information content (AvgIpc) is 0.980. The van der Waals surface area contributed by atoms with Crippen LogP contribution in [0.5, 0.6) is 5.75 Å². The molecule has 0 saturated carbocycles. The summed E-state index contributed by atoms with van der Waals surface area (Å²) in [6.07, 6.45) is 1.63. The van der Waals surface area contributed by atoms with E-state index in [0.717, 1.165) is 38.9 Å². The van der Waals surface area contributed by atoms with Gasteiger partial charge in [0.2, 0.25) is 0 Å². The largest absolute Gasteiger partial charge is 0.507 e. The van der Waals surface area contributed by atoms with Crippen LogP contribution in [0.2, 0.25) is 0 Å². The monoisotopic (exact) mass is 947 g/mol. The molecule has 0 fully saturated rings. The molecule has 0 aliphatic heterocycles. The Morgan fingerprint density at radius 3 is 1.87 bits per heavy atom. The molecule has 7 aromatic carbocycles. The summed E-state index contributed by atoms with van der Waals surface area (Å²) in [5, 5.41) is 12.7. The van der Waals surface area contributed by atoms with Gasteiger partial charge in [-0.2, -0.15) is 0 Å². The van der Waals surface area contributed by atoms with E-state index in [1.807, 2.05) is 142 Å². The maximum absolute atomic E-state index is 12.7. The number of pyridine rings is 1. The lowest BCUT2D eigenvalue weighted by Crippen LogP contribution is -2.17. The fourth-order valence-corrected chi connectivity index (χ4v) is 9.33. The molecule has 0 saturated heterocycles. The molecular formula is C67H71N3O. The summed E-state index contributed by atoms with van der Waals surface area (Å²) in [5.41, 5.74) is 8.16. The molecule has 0 amide bonds. The van der Waals surface area contributed by atoms with Crippen molar-refractivity contribution in [3.8, 4) is 78.6 Å². The number of phenols is 1. The molecule has 71 heavy (non-hydrogen) atoms. The van der Waals surface area contributed by atoms with Crippen molar-refractivity contribution >= 4 is 11.0 Å². The van der Waals surface area contributed by atoms with Gasteiger partial charge >= 0.3 is 0 Å². The smallest absolute Gasteiger partial charge is 0.149 e. The summed E-state index contributed by atoms with van der Waals surface area (Å²) in [4.78, 5) is 10.4. The molecule has 9 aromatic rings. The molecule has 0 bridgehead atoms. The van der Waals surface area contributed by atoms with Crippen LogP contribution in [-0.2, 0) is 16.2 Å². The highest BCUT2D eigenvalue weighted by Crippen LogP contribution is 2.46. The second kappa shape index (κ2) is 18.6. The van der Waals surface area contributed by atoms with E-state index in [4.69, 9.17) is 23.7 Å². The highest BCUT2D eigenvalue weighted by atomic mass is 16.3. The number of benzene rings is 7. The van der Waals surface area contributed by atoms with Crippen molar-refractivity contribution in [3.05, 3.63) is 191 Å². The molecule has 4 nitrogen and oxygen atoms in total. The second-order valence-electron chi connectivity index (χ2n) is 21.5. The van der Waals surface area contributed by atoms with Crippen LogP contribution in [0.15, 0.2) is 158 Å². The first kappa shape index (κ1) is 35.1. The molecular weight excluding hydrogens is 863 g/mol. The predicted octanol–water partition coefficient (Wildman–Crippen LogP) is 18.6. The third-order valence-electron chi connectivity index (χ3n) is 13.5. The number of imidazole rings is 1. The fourth-order valence-electron chi connectivity index (χ4n) is 9.33. The Labute approximate surface area is 441 Å². The van der Waals surface area contributed by atoms with Crippen LogP contribution in [-0.4, -0.2) is 19.6 Å². The Balaban J connectivity index is 1.30. The third kappa shape index (κ3) is 9.87. The lowest BCUT2D eigenvalue weighted by molar-refractivity contribution is 0.446. The van der Waals surface area contributed by atoms with E-state index in [2.05, 4.69) is 46.8 Å². The minimum Gasteiger partial charge on any atom is -0.507 e. The first-order valence-corrected chi connectivity index (χ1v) is 24.3. The normalized spacial score (nSPS) is 16.0. The van der Waals surface area contributed by atoms with Gasteiger partial charge < -0.3 is 5.11 Å². The molecule has 2 aromatic heterocycles. The topological polar surface area (TPSA) is 50.9 Å². The number of nitrogens with zero attached hydrogens (tertiary/aromatic N) is 3. The molecule has 0 spiro atoms. The summed E-state index contributed by atoms with van der Waals surface area (Å²) in [6, 6.07) is 46.5. The molecule has 0 atom stereocenters. The van der Waals surface area contributed by atoms with Crippen LogP contribution in [0, 0.1) is 6.85 Å². The van der Waals surface area contributed by atoms with E-state index < -0.39 is 44.1 Å². The van der Waals surface area contributed by atoms with Gasteiger partial charge in [0.15, 0.2) is 0 Å². The van der Waals surface area contributed by atoms with Gasteiger partial charge in [0, 0.05) is 40.7 Å². The van der Waals surface area contributed by atoms with Crippen molar-refractivity contribution in [2.75, 3.05) is 0 Å². The van der Waals surface area contributed by atoms with Crippen LogP contribution in [0.4, 0.5) is 0 Å². The summed E-state index contributed by atoms with van der Waals surface area (Å²) in [7, 11) is 0. The minimum atomic E-state index is -3.41. The fraction of sp³-hybridized carbons (Fsp3) is 0.284. The van der Waals surface area contributed by atoms with Crippen LogP contribution < -0.4 is 0 Å². The summed E-state index contributed by atoms with van der Waals surface area (Å²) in [6.45, 7) is 7.47. The van der Waals surface area contributed by atoms with E-state index in [1.165, 1.54) is 24.3 Å². The minimum absolute atomic E-state index is 0.0248. The van der Waals surface area contributed by atoms with E-state index >= 15 is 0 Å². The van der Waals surface area contributed by atoms with E-state index in [9.17, 15) is 9.22 Å². The van der Waals surface area contributed by atoms with Gasteiger partial charge in [-0.25, -0.2) is 4.98 Å². The third-order valence-corrected chi connectivity index (χ3v) is 13.5. The molecule has 1 N–H and O–H groups in total. The maximum atomic E-state index is 12.7. The van der Waals surface area contributed by atoms with Crippen molar-refractivity contribution in [1.82, 2.24) is 14.5 Å². The quantitative estimate of drug-likeness (QED) is 0.157. The molecule has 0 radical (unpaired) electrons. The molecule has 9 rings (SSSR count). The molecule has 360 valence electrons. The lowest BCUT2D eigenvalue weighted by Gasteiger charge is -2.27. The van der Waals surface area contributed by atoms with Gasteiger partial charge in [-0.05, 0) is 156 Å². The Morgan fingerprint density at radius 1 is 0.535 bits per heavy atom. The SMILES string of the molecule is [2H]C([2H])([2H])c1cc(-c2cc(C(C)C)cc(C([2H])(C)C)c2)ccc1-n1c(-c2cc(C(C)(C)C)cc(C(C)(C)C)c2O)nc2c(-c3cc(-c4ccccc4)cc(-c4cc(-c5ccc(C(C([2H])([2H])[2H])(C([2H])([2H])[2H])C([2H])([2H])[2H])cc5)ccn4)c3)cccc21. The maximum Gasteiger partial charge on any atom is 0.149 e. The van der Waals surface area contributed by atoms with Gasteiger partial charge in [-0.1, -0.05) is 187 Å². The zero-order valence-electron chi connectivity index (χ0n) is 55.4. The van der Waals surface area contributed by atoms with Crippen molar-refractivity contribution < 1.29 is 22.9 Å². The van der Waals surface area contributed by atoms with Crippen molar-refractivity contribution in [2.24, 2.45) is 0 Å². The predicted molar refractivity (Wildman–Crippen MR) is 302 cm³/mol. The number of hydrogen-bond acceptors (Lipinski definition) is 3. The second-order valence-corrected chi connectivity index (χ2v) is 21.5. The Bertz CT molecular complexity index is 3910. The summed E-state index contributed by atoms with van der Waals surface area (Å²) < 4.78 is 113. The van der Waals surface area contributed by atoms with E-state index in [0.29, 0.717) is 67.2 Å². The number of aromatic hydroxyl groups is 1. The van der Waals surface area contributed by atoms with Gasteiger partial charge in [0.1, 0.15) is 11.6 Å².